The summed E-state index contributed by atoms with van der Waals surface area (Å²) in [7, 11) is 4.17. The van der Waals surface area contributed by atoms with Crippen LogP contribution in [0.1, 0.15) is 32.6 Å². The minimum absolute atomic E-state index is 0.431. The molecule has 4 aromatic rings. The lowest BCUT2D eigenvalue weighted by Crippen LogP contribution is -2.13. The third-order valence-corrected chi connectivity index (χ3v) is 7.59. The lowest BCUT2D eigenvalue weighted by Gasteiger charge is -2.12. The Balaban J connectivity index is 0.000000142. The molecule has 0 aromatic heterocycles. The van der Waals surface area contributed by atoms with E-state index in [0.717, 1.165) is 48.6 Å². The number of nitrogen functional groups attached to an aromatic ring is 1. The highest BCUT2D eigenvalue weighted by atomic mass is 16.2. The molecule has 3 aliphatic rings. The Morgan fingerprint density at radius 1 is 0.632 bits per heavy atom. The Morgan fingerprint density at radius 3 is 1.79 bits per heavy atom. The third kappa shape index (κ3) is 4.18. The summed E-state index contributed by atoms with van der Waals surface area (Å²) in [6.07, 6.45) is 0. The Kier molecular flexibility index (Phi) is 6.06. The van der Waals surface area contributed by atoms with E-state index in [0.29, 0.717) is 11.3 Å². The second-order valence-corrected chi connectivity index (χ2v) is 10.3. The fraction of sp³-hybridized carbons (Fsp3) is 0.188. The van der Waals surface area contributed by atoms with Crippen LogP contribution in [0.5, 0.6) is 0 Å². The maximum atomic E-state index is 12.0. The predicted octanol–water partition coefficient (Wildman–Crippen LogP) is 5.32. The fourth-order valence-electron chi connectivity index (χ4n) is 5.78. The number of hydrogen-bond acceptors (Lipinski definition) is 5. The minimum Gasteiger partial charge on any atom is -0.398 e. The number of amides is 1. The van der Waals surface area contributed by atoms with Crippen LogP contribution in [0, 0.1) is 0 Å². The molecule has 0 saturated carbocycles. The monoisotopic (exact) mass is 502 g/mol. The molecule has 1 amide bonds. The van der Waals surface area contributed by atoms with Gasteiger partial charge in [0.25, 0.3) is 11.7 Å². The molecule has 0 aliphatic carbocycles. The van der Waals surface area contributed by atoms with Gasteiger partial charge in [-0.2, -0.15) is 0 Å². The van der Waals surface area contributed by atoms with Crippen LogP contribution in [0.25, 0.3) is 22.3 Å². The van der Waals surface area contributed by atoms with Crippen molar-refractivity contribution in [3.05, 3.63) is 107 Å². The molecule has 0 radical (unpaired) electrons. The normalized spacial score (nSPS) is 15.9. The number of rotatable bonds is 2. The first-order valence-corrected chi connectivity index (χ1v) is 12.8. The van der Waals surface area contributed by atoms with Crippen LogP contribution in [0.2, 0.25) is 0 Å². The number of carbonyl (C=O) groups is 2. The molecule has 6 heteroatoms. The quantitative estimate of drug-likeness (QED) is 0.287. The van der Waals surface area contributed by atoms with Crippen molar-refractivity contribution in [2.45, 2.75) is 26.2 Å². The van der Waals surface area contributed by atoms with Crippen molar-refractivity contribution < 1.29 is 9.59 Å². The SMILES string of the molecule is CN1Cc2c(-c3ccccc3)cc3c(c2C1)NC(=O)C3=O.CN1Cc2c(N)ccc(-c3ccccc3)c2C1. The number of nitrogens with one attached hydrogen (secondary N) is 1. The zero-order chi connectivity index (χ0) is 26.4. The average molecular weight is 503 g/mol. The van der Waals surface area contributed by atoms with Gasteiger partial charge < -0.3 is 11.1 Å². The summed E-state index contributed by atoms with van der Waals surface area (Å²) in [5.74, 6) is -0.952. The second-order valence-electron chi connectivity index (χ2n) is 10.3. The predicted molar refractivity (Wildman–Crippen MR) is 151 cm³/mol. The van der Waals surface area contributed by atoms with E-state index in [2.05, 4.69) is 52.5 Å². The number of nitrogens with two attached hydrogens (primary N) is 1. The highest BCUT2D eigenvalue weighted by Crippen LogP contribution is 2.41. The number of anilines is 2. The first-order chi connectivity index (χ1) is 18.4. The number of ketones is 1. The first kappa shape index (κ1) is 24.1. The molecule has 3 N–H and O–H groups in total. The van der Waals surface area contributed by atoms with E-state index in [1.54, 1.807) is 0 Å². The number of hydrogen-bond donors (Lipinski definition) is 2. The van der Waals surface area contributed by atoms with Gasteiger partial charge in [-0.15, -0.1) is 0 Å². The molecule has 3 aliphatic heterocycles. The Bertz CT molecular complexity index is 1560. The van der Waals surface area contributed by atoms with Crippen LogP contribution in [0.3, 0.4) is 0 Å². The van der Waals surface area contributed by atoms with Gasteiger partial charge in [0, 0.05) is 31.9 Å². The van der Waals surface area contributed by atoms with Crippen molar-refractivity contribution in [2.75, 3.05) is 25.1 Å². The summed E-state index contributed by atoms with van der Waals surface area (Å²) in [4.78, 5) is 28.2. The highest BCUT2D eigenvalue weighted by Gasteiger charge is 2.35. The number of fused-ring (bicyclic) bond motifs is 4. The van der Waals surface area contributed by atoms with Crippen LogP contribution in [-0.2, 0) is 31.0 Å². The maximum Gasteiger partial charge on any atom is 0.296 e. The fourth-order valence-corrected chi connectivity index (χ4v) is 5.78. The Morgan fingerprint density at radius 2 is 1.16 bits per heavy atom. The van der Waals surface area contributed by atoms with Crippen molar-refractivity contribution in [3.8, 4) is 22.3 Å². The van der Waals surface area contributed by atoms with Gasteiger partial charge in [0.2, 0.25) is 0 Å². The van der Waals surface area contributed by atoms with Crippen molar-refractivity contribution in [2.24, 2.45) is 0 Å². The minimum atomic E-state index is -0.521. The van der Waals surface area contributed by atoms with Crippen molar-refractivity contribution in [1.82, 2.24) is 9.80 Å². The van der Waals surface area contributed by atoms with E-state index in [-0.39, 0.29) is 0 Å². The van der Waals surface area contributed by atoms with Crippen molar-refractivity contribution >= 4 is 23.1 Å². The molecular formula is C32H30N4O2. The van der Waals surface area contributed by atoms with Crippen LogP contribution in [0.15, 0.2) is 78.9 Å². The third-order valence-electron chi connectivity index (χ3n) is 7.59. The summed E-state index contributed by atoms with van der Waals surface area (Å²) in [5.41, 5.74) is 17.9. The topological polar surface area (TPSA) is 78.7 Å². The van der Waals surface area contributed by atoms with Crippen LogP contribution < -0.4 is 11.1 Å². The number of nitrogens with zero attached hydrogens (tertiary/aromatic N) is 2. The number of benzene rings is 4. The molecule has 0 atom stereocenters. The lowest BCUT2D eigenvalue weighted by molar-refractivity contribution is -0.112. The average Bonchev–Trinajstić information content (AvgIpc) is 3.60. The summed E-state index contributed by atoms with van der Waals surface area (Å²) < 4.78 is 0. The molecule has 0 fully saturated rings. The van der Waals surface area contributed by atoms with E-state index >= 15 is 0 Å². The largest absolute Gasteiger partial charge is 0.398 e. The van der Waals surface area contributed by atoms with Gasteiger partial charge >= 0.3 is 0 Å². The van der Waals surface area contributed by atoms with Crippen molar-refractivity contribution in [3.63, 3.8) is 0 Å². The molecule has 0 saturated heterocycles. The molecule has 190 valence electrons. The van der Waals surface area contributed by atoms with Gasteiger partial charge in [-0.05, 0) is 70.7 Å². The Labute approximate surface area is 222 Å². The molecule has 6 nitrogen and oxygen atoms in total. The lowest BCUT2D eigenvalue weighted by atomic mass is 9.92. The summed E-state index contributed by atoms with van der Waals surface area (Å²) in [6, 6.07) is 26.6. The molecular weight excluding hydrogens is 472 g/mol. The van der Waals surface area contributed by atoms with Gasteiger partial charge in [0.15, 0.2) is 0 Å². The maximum absolute atomic E-state index is 12.0. The van der Waals surface area contributed by atoms with Crippen LogP contribution >= 0.6 is 0 Å². The van der Waals surface area contributed by atoms with Gasteiger partial charge in [-0.3, -0.25) is 19.4 Å². The van der Waals surface area contributed by atoms with Crippen LogP contribution in [0.4, 0.5) is 11.4 Å². The molecule has 7 rings (SSSR count). The summed E-state index contributed by atoms with van der Waals surface area (Å²) >= 11 is 0. The second kappa shape index (κ2) is 9.56. The van der Waals surface area contributed by atoms with Crippen molar-refractivity contribution in [1.29, 1.82) is 0 Å². The van der Waals surface area contributed by atoms with E-state index in [4.69, 9.17) is 5.73 Å². The van der Waals surface area contributed by atoms with Gasteiger partial charge in [0.05, 0.1) is 11.3 Å². The van der Waals surface area contributed by atoms with Crippen LogP contribution in [-0.4, -0.2) is 35.6 Å². The van der Waals surface area contributed by atoms with E-state index in [1.165, 1.54) is 27.8 Å². The highest BCUT2D eigenvalue weighted by molar-refractivity contribution is 6.52. The molecule has 3 heterocycles. The molecule has 38 heavy (non-hydrogen) atoms. The Hall–Kier alpha value is -4.26. The van der Waals surface area contributed by atoms with Gasteiger partial charge in [0.1, 0.15) is 0 Å². The van der Waals surface area contributed by atoms with Gasteiger partial charge in [-0.1, -0.05) is 66.7 Å². The molecule has 0 spiro atoms. The molecule has 4 aromatic carbocycles. The van der Waals surface area contributed by atoms with E-state index in [1.807, 2.05) is 55.6 Å². The van der Waals surface area contributed by atoms with Gasteiger partial charge in [-0.25, -0.2) is 0 Å². The van der Waals surface area contributed by atoms with E-state index in [9.17, 15) is 9.59 Å². The summed E-state index contributed by atoms with van der Waals surface area (Å²) in [5, 5.41) is 2.73. The smallest absolute Gasteiger partial charge is 0.296 e. The van der Waals surface area contributed by atoms with E-state index < -0.39 is 11.7 Å². The number of carbonyl (C=O) groups excluding carboxylic acids is 2. The molecule has 0 bridgehead atoms. The standard InChI is InChI=1S/C17H14N2O2.C15H16N2/c1-19-8-13-11(10-5-3-2-4-6-10)7-12-15(14(13)9-19)18-17(21)16(12)20;1-17-9-13-12(11-5-3-2-4-6-11)7-8-15(16)14(13)10-17/h2-7H,8-9H2,1H3,(H,18,20,21);2-8H,9-10,16H2,1H3. The first-order valence-electron chi connectivity index (χ1n) is 12.8. The number of Topliss-reactive ketones (excluding diaryl/α,β-unsaturated/α-hetero) is 1. The zero-order valence-corrected chi connectivity index (χ0v) is 21.6. The summed E-state index contributed by atoms with van der Waals surface area (Å²) in [6.45, 7) is 3.54. The zero-order valence-electron chi connectivity index (χ0n) is 21.6. The molecule has 0 unspecified atom stereocenters.